The van der Waals surface area contributed by atoms with Gasteiger partial charge >= 0.3 is 18.3 Å². The van der Waals surface area contributed by atoms with Gasteiger partial charge in [0.05, 0.1) is 39.6 Å². The molecule has 0 rings (SSSR count). The molecule has 0 saturated carbocycles. The van der Waals surface area contributed by atoms with E-state index in [0.29, 0.717) is 13.2 Å². The average Bonchev–Trinajstić information content (AvgIpc) is 2.20. The SMILES string of the molecule is O=[Si](O)OCCOCCOCCO[Si](=O)O. The summed E-state index contributed by atoms with van der Waals surface area (Å²) in [6.07, 6.45) is 0. The van der Waals surface area contributed by atoms with Gasteiger partial charge in [-0.3, -0.25) is 8.92 Å². The lowest BCUT2D eigenvalue weighted by Crippen LogP contribution is -2.15. The molecule has 0 amide bonds. The van der Waals surface area contributed by atoms with Crippen molar-refractivity contribution >= 4 is 18.3 Å². The van der Waals surface area contributed by atoms with Gasteiger partial charge in [-0.25, -0.2) is 0 Å². The van der Waals surface area contributed by atoms with E-state index in [4.69, 9.17) is 19.1 Å². The molecule has 0 aliphatic heterocycles. The van der Waals surface area contributed by atoms with Crippen LogP contribution < -0.4 is 0 Å². The predicted molar refractivity (Wildman–Crippen MR) is 50.9 cm³/mol. The van der Waals surface area contributed by atoms with E-state index in [9.17, 15) is 8.92 Å². The maximum atomic E-state index is 10.1. The Kier molecular flexibility index (Phi) is 10.1. The molecule has 0 bridgehead atoms. The van der Waals surface area contributed by atoms with Crippen LogP contribution in [0, 0.1) is 0 Å². The quantitative estimate of drug-likeness (QED) is 0.323. The lowest BCUT2D eigenvalue weighted by atomic mass is 10.7. The Morgan fingerprint density at radius 3 is 1.31 bits per heavy atom. The largest absolute Gasteiger partial charge is 0.764 e. The third-order valence-corrected chi connectivity index (χ3v) is 2.18. The van der Waals surface area contributed by atoms with Crippen molar-refractivity contribution in [3.63, 3.8) is 0 Å². The fraction of sp³-hybridized carbons (Fsp3) is 1.00. The minimum atomic E-state index is -2.88. The molecule has 0 fully saturated rings. The highest BCUT2D eigenvalue weighted by atomic mass is 28.3. The number of hydrogen-bond donors (Lipinski definition) is 2. The van der Waals surface area contributed by atoms with Crippen LogP contribution in [-0.4, -0.2) is 67.6 Å². The lowest BCUT2D eigenvalue weighted by Gasteiger charge is -2.05. The minimum absolute atomic E-state index is 0.0594. The van der Waals surface area contributed by atoms with E-state index in [1.165, 1.54) is 0 Å². The van der Waals surface area contributed by atoms with Gasteiger partial charge in [-0.05, 0) is 0 Å². The molecule has 0 aromatic carbocycles. The summed E-state index contributed by atoms with van der Waals surface area (Å²) < 4.78 is 38.9. The van der Waals surface area contributed by atoms with Crippen LogP contribution in [0.3, 0.4) is 0 Å². The van der Waals surface area contributed by atoms with Crippen molar-refractivity contribution in [2.75, 3.05) is 39.6 Å². The maximum absolute atomic E-state index is 10.1. The van der Waals surface area contributed by atoms with Gasteiger partial charge in [0.1, 0.15) is 0 Å². The van der Waals surface area contributed by atoms with Gasteiger partial charge < -0.3 is 27.9 Å². The molecule has 2 N–H and O–H groups in total. The lowest BCUT2D eigenvalue weighted by molar-refractivity contribution is 0.0216. The van der Waals surface area contributed by atoms with Crippen LogP contribution in [-0.2, 0) is 27.2 Å². The van der Waals surface area contributed by atoms with Crippen LogP contribution in [0.25, 0.3) is 0 Å². The first-order valence-corrected chi connectivity index (χ1v) is 7.02. The van der Waals surface area contributed by atoms with Crippen molar-refractivity contribution in [2.45, 2.75) is 0 Å². The molecule has 0 aromatic rings. The Labute approximate surface area is 95.5 Å². The highest BCUT2D eigenvalue weighted by Crippen LogP contribution is 1.81. The highest BCUT2D eigenvalue weighted by Gasteiger charge is 2.02. The molecular weight excluding hydrogens is 256 g/mol. The monoisotopic (exact) mass is 270 g/mol. The average molecular weight is 270 g/mol. The van der Waals surface area contributed by atoms with Crippen LogP contribution in [0.5, 0.6) is 0 Å². The third kappa shape index (κ3) is 13.2. The molecule has 0 heterocycles. The zero-order chi connectivity index (χ0) is 12.2. The molecule has 0 aliphatic carbocycles. The fourth-order valence-electron chi connectivity index (χ4n) is 0.698. The van der Waals surface area contributed by atoms with Gasteiger partial charge in [-0.15, -0.1) is 0 Å². The molecule has 0 radical (unpaired) electrons. The second-order valence-electron chi connectivity index (χ2n) is 2.45. The molecule has 16 heavy (non-hydrogen) atoms. The van der Waals surface area contributed by atoms with Gasteiger partial charge in [0, 0.05) is 0 Å². The van der Waals surface area contributed by atoms with E-state index in [2.05, 4.69) is 8.85 Å². The zero-order valence-corrected chi connectivity index (χ0v) is 10.6. The van der Waals surface area contributed by atoms with Crippen molar-refractivity contribution in [1.82, 2.24) is 0 Å². The molecule has 8 nitrogen and oxygen atoms in total. The summed E-state index contributed by atoms with van der Waals surface area (Å²) >= 11 is 0. The summed E-state index contributed by atoms with van der Waals surface area (Å²) in [5.41, 5.74) is 0. The second kappa shape index (κ2) is 10.7. The topological polar surface area (TPSA) is 112 Å². The van der Waals surface area contributed by atoms with E-state index in [1.807, 2.05) is 0 Å². The Hall–Kier alpha value is -0.846. The first kappa shape index (κ1) is 15.2. The summed E-state index contributed by atoms with van der Waals surface area (Å²) in [5, 5.41) is 0. The minimum Gasteiger partial charge on any atom is -0.511 e. The third-order valence-electron chi connectivity index (χ3n) is 1.28. The molecule has 0 unspecified atom stereocenters. The summed E-state index contributed by atoms with van der Waals surface area (Å²) in [6.45, 7) is 1.16. The molecule has 0 saturated heterocycles. The highest BCUT2D eigenvalue weighted by molar-refractivity contribution is 6.24. The molecule has 94 valence electrons. The Morgan fingerprint density at radius 2 is 1.00 bits per heavy atom. The Bertz CT molecular complexity index is 189. The Balaban J connectivity index is 2.98. The first-order valence-electron chi connectivity index (χ1n) is 4.50. The molecule has 10 heteroatoms. The van der Waals surface area contributed by atoms with E-state index >= 15 is 0 Å². The summed E-state index contributed by atoms with van der Waals surface area (Å²) in [5.74, 6) is 0. The number of rotatable bonds is 11. The van der Waals surface area contributed by atoms with E-state index in [0.717, 1.165) is 0 Å². The van der Waals surface area contributed by atoms with E-state index < -0.39 is 18.3 Å². The zero-order valence-electron chi connectivity index (χ0n) is 8.59. The number of ether oxygens (including phenoxy) is 2. The molecular formula is C6H14O8Si2. The summed E-state index contributed by atoms with van der Waals surface area (Å²) in [7, 11) is -5.75. The van der Waals surface area contributed by atoms with E-state index in [1.54, 1.807) is 0 Å². The normalized spacial score (nSPS) is 9.75. The van der Waals surface area contributed by atoms with Crippen molar-refractivity contribution in [3.05, 3.63) is 0 Å². The van der Waals surface area contributed by atoms with Gasteiger partial charge in [-0.2, -0.15) is 0 Å². The molecule has 0 aliphatic rings. The van der Waals surface area contributed by atoms with Crippen molar-refractivity contribution in [2.24, 2.45) is 0 Å². The van der Waals surface area contributed by atoms with Crippen molar-refractivity contribution in [3.8, 4) is 0 Å². The van der Waals surface area contributed by atoms with Gasteiger partial charge in [0.15, 0.2) is 0 Å². The van der Waals surface area contributed by atoms with E-state index in [-0.39, 0.29) is 26.4 Å². The van der Waals surface area contributed by atoms with Crippen molar-refractivity contribution in [1.29, 1.82) is 0 Å². The first-order chi connectivity index (χ1) is 7.63. The van der Waals surface area contributed by atoms with Crippen LogP contribution in [0.2, 0.25) is 0 Å². The van der Waals surface area contributed by atoms with Crippen LogP contribution >= 0.6 is 0 Å². The Morgan fingerprint density at radius 1 is 0.688 bits per heavy atom. The van der Waals surface area contributed by atoms with Crippen molar-refractivity contribution < 1.29 is 36.8 Å². The van der Waals surface area contributed by atoms with Crippen LogP contribution in [0.15, 0.2) is 0 Å². The fourth-order valence-corrected chi connectivity index (χ4v) is 1.21. The molecule has 0 spiro atoms. The van der Waals surface area contributed by atoms with Gasteiger partial charge in [-0.1, -0.05) is 0 Å². The van der Waals surface area contributed by atoms with Gasteiger partial charge in [0.25, 0.3) is 0 Å². The smallest absolute Gasteiger partial charge is 0.511 e. The summed E-state index contributed by atoms with van der Waals surface area (Å²) in [4.78, 5) is 16.6. The van der Waals surface area contributed by atoms with Crippen LogP contribution in [0.1, 0.15) is 0 Å². The molecule has 0 atom stereocenters. The number of hydrogen-bond acceptors (Lipinski definition) is 6. The second-order valence-corrected chi connectivity index (χ2v) is 4.09. The molecule has 0 aromatic heterocycles. The standard InChI is InChI=1S/C6H14O8Si2/c7-15(8)13-5-3-11-1-2-12-4-6-14-16(9)10/h7,9H,1-6H2. The summed E-state index contributed by atoms with van der Waals surface area (Å²) in [6, 6.07) is 0. The van der Waals surface area contributed by atoms with Gasteiger partial charge in [0.2, 0.25) is 0 Å². The van der Waals surface area contributed by atoms with Crippen LogP contribution in [0.4, 0.5) is 0 Å². The maximum Gasteiger partial charge on any atom is 0.764 e. The predicted octanol–water partition coefficient (Wildman–Crippen LogP) is -2.13.